The maximum atomic E-state index is 13.5. The molecule has 8 heteroatoms. The van der Waals surface area contributed by atoms with Gasteiger partial charge in [-0.3, -0.25) is 10.1 Å². The van der Waals surface area contributed by atoms with Gasteiger partial charge in [0.1, 0.15) is 16.9 Å². The number of hydrogen-bond donors (Lipinski definition) is 1. The monoisotopic (exact) mass is 524 g/mol. The number of benzene rings is 3. The van der Waals surface area contributed by atoms with Gasteiger partial charge in [0.15, 0.2) is 5.13 Å². The molecule has 1 amide bonds. The number of carbonyl (C=O) groups is 1. The average Bonchev–Trinajstić information content (AvgIpc) is 3.42. The maximum absolute atomic E-state index is 13.5. The molecule has 0 atom stereocenters. The van der Waals surface area contributed by atoms with Crippen molar-refractivity contribution in [1.82, 2.24) is 4.98 Å². The van der Waals surface area contributed by atoms with E-state index in [0.717, 1.165) is 41.2 Å². The molecule has 0 aliphatic heterocycles. The third kappa shape index (κ3) is 5.45. The van der Waals surface area contributed by atoms with Crippen molar-refractivity contribution in [3.05, 3.63) is 95.4 Å². The van der Waals surface area contributed by atoms with E-state index in [9.17, 15) is 4.79 Å². The van der Waals surface area contributed by atoms with E-state index in [1.807, 2.05) is 84.2 Å². The van der Waals surface area contributed by atoms with Crippen LogP contribution in [0.1, 0.15) is 24.2 Å². The molecule has 0 saturated heterocycles. The van der Waals surface area contributed by atoms with Gasteiger partial charge in [0, 0.05) is 41.2 Å². The first-order valence-electron chi connectivity index (χ1n) is 12.4. The number of aromatic nitrogens is 1. The van der Waals surface area contributed by atoms with Crippen LogP contribution in [0.2, 0.25) is 0 Å². The summed E-state index contributed by atoms with van der Waals surface area (Å²) in [5, 5.41) is 6.14. The molecule has 3 aromatic carbocycles. The number of anilines is 2. The fourth-order valence-electron chi connectivity index (χ4n) is 4.15. The number of methoxy groups -OCH3 is 1. The van der Waals surface area contributed by atoms with E-state index in [4.69, 9.17) is 9.15 Å². The molecule has 38 heavy (non-hydrogen) atoms. The molecule has 0 saturated carbocycles. The van der Waals surface area contributed by atoms with Gasteiger partial charge >= 0.3 is 0 Å². The summed E-state index contributed by atoms with van der Waals surface area (Å²) in [6, 6.07) is 24.9. The molecule has 0 spiro atoms. The highest BCUT2D eigenvalue weighted by molar-refractivity contribution is 7.14. The second-order valence-electron chi connectivity index (χ2n) is 8.53. The zero-order chi connectivity index (χ0) is 26.5. The van der Waals surface area contributed by atoms with Gasteiger partial charge in [-0.05, 0) is 68.4 Å². The molecule has 5 rings (SSSR count). The highest BCUT2D eigenvalue weighted by atomic mass is 32.1. The minimum atomic E-state index is -0.339. The lowest BCUT2D eigenvalue weighted by molar-refractivity contribution is 0.102. The van der Waals surface area contributed by atoms with Crippen LogP contribution in [0, 0.1) is 0 Å². The highest BCUT2D eigenvalue weighted by Gasteiger charge is 2.16. The summed E-state index contributed by atoms with van der Waals surface area (Å²) in [4.78, 5) is 25.0. The molecule has 0 unspecified atom stereocenters. The second-order valence-corrected chi connectivity index (χ2v) is 9.39. The van der Waals surface area contributed by atoms with Crippen LogP contribution in [0.15, 0.2) is 93.7 Å². The molecular formula is C30H28N4O3S. The predicted molar refractivity (Wildman–Crippen MR) is 153 cm³/mol. The van der Waals surface area contributed by atoms with Crippen molar-refractivity contribution in [2.75, 3.05) is 30.4 Å². The SMILES string of the molecule is CCN(CC)c1ccc2cc(C(=O)Nc3nc(-c4ccc(OC)cc4)cs3)c(=Nc3ccccc3)oc2c1. The smallest absolute Gasteiger partial charge is 0.262 e. The van der Waals surface area contributed by atoms with Gasteiger partial charge < -0.3 is 14.1 Å². The second kappa shape index (κ2) is 11.3. The Bertz CT molecular complexity index is 1620. The van der Waals surface area contributed by atoms with Crippen LogP contribution in [0.5, 0.6) is 5.75 Å². The molecule has 7 nitrogen and oxygen atoms in total. The largest absolute Gasteiger partial charge is 0.497 e. The Balaban J connectivity index is 1.51. The van der Waals surface area contributed by atoms with E-state index in [2.05, 4.69) is 34.0 Å². The van der Waals surface area contributed by atoms with Crippen LogP contribution < -0.4 is 20.5 Å². The highest BCUT2D eigenvalue weighted by Crippen LogP contribution is 2.27. The molecule has 0 fully saturated rings. The third-order valence-electron chi connectivity index (χ3n) is 6.20. The van der Waals surface area contributed by atoms with Crippen molar-refractivity contribution in [3.63, 3.8) is 0 Å². The summed E-state index contributed by atoms with van der Waals surface area (Å²) < 4.78 is 11.5. The van der Waals surface area contributed by atoms with E-state index in [0.29, 0.717) is 22.0 Å². The summed E-state index contributed by atoms with van der Waals surface area (Å²) in [5.74, 6) is 0.435. The number of thiazole rings is 1. The van der Waals surface area contributed by atoms with Crippen molar-refractivity contribution in [2.45, 2.75) is 13.8 Å². The van der Waals surface area contributed by atoms with Crippen LogP contribution in [-0.2, 0) is 0 Å². The lowest BCUT2D eigenvalue weighted by atomic mass is 10.1. The fraction of sp³-hybridized carbons (Fsp3) is 0.167. The molecule has 1 N–H and O–H groups in total. The van der Waals surface area contributed by atoms with Crippen LogP contribution in [0.3, 0.4) is 0 Å². The van der Waals surface area contributed by atoms with E-state index in [1.54, 1.807) is 7.11 Å². The molecule has 2 aromatic heterocycles. The topological polar surface area (TPSA) is 80.0 Å². The van der Waals surface area contributed by atoms with Gasteiger partial charge in [0.05, 0.1) is 18.5 Å². The van der Waals surface area contributed by atoms with Gasteiger partial charge in [-0.2, -0.15) is 0 Å². The lowest BCUT2D eigenvalue weighted by Gasteiger charge is -2.21. The van der Waals surface area contributed by atoms with E-state index in [1.165, 1.54) is 11.3 Å². The molecular weight excluding hydrogens is 496 g/mol. The Morgan fingerprint density at radius 3 is 2.50 bits per heavy atom. The molecule has 0 aliphatic carbocycles. The predicted octanol–water partition coefficient (Wildman–Crippen LogP) is 6.90. The first-order chi connectivity index (χ1) is 18.6. The van der Waals surface area contributed by atoms with Crippen molar-refractivity contribution in [2.24, 2.45) is 4.99 Å². The number of para-hydroxylation sites is 1. The summed E-state index contributed by atoms with van der Waals surface area (Å²) in [5.41, 5.74) is 4.70. The number of nitrogens with one attached hydrogen (secondary N) is 1. The molecule has 0 bridgehead atoms. The van der Waals surface area contributed by atoms with Crippen molar-refractivity contribution >= 4 is 44.7 Å². The van der Waals surface area contributed by atoms with Crippen molar-refractivity contribution in [3.8, 4) is 17.0 Å². The van der Waals surface area contributed by atoms with Crippen LogP contribution >= 0.6 is 11.3 Å². The van der Waals surface area contributed by atoms with Crippen molar-refractivity contribution in [1.29, 1.82) is 0 Å². The number of rotatable bonds is 8. The number of carbonyl (C=O) groups excluding carboxylic acids is 1. The van der Waals surface area contributed by atoms with Crippen LogP contribution in [0.4, 0.5) is 16.5 Å². The Hall–Kier alpha value is -4.43. The fourth-order valence-corrected chi connectivity index (χ4v) is 4.86. The number of amides is 1. The van der Waals surface area contributed by atoms with Crippen LogP contribution in [-0.4, -0.2) is 31.1 Å². The average molecular weight is 525 g/mol. The zero-order valence-electron chi connectivity index (χ0n) is 21.5. The van der Waals surface area contributed by atoms with Gasteiger partial charge in [-0.1, -0.05) is 18.2 Å². The first-order valence-corrected chi connectivity index (χ1v) is 13.3. The molecule has 2 heterocycles. The number of hydrogen-bond acceptors (Lipinski definition) is 7. The molecule has 0 radical (unpaired) electrons. The van der Waals surface area contributed by atoms with Gasteiger partial charge in [-0.15, -0.1) is 11.3 Å². The number of nitrogens with zero attached hydrogens (tertiary/aromatic N) is 3. The minimum absolute atomic E-state index is 0.241. The summed E-state index contributed by atoms with van der Waals surface area (Å²) in [6.07, 6.45) is 0. The maximum Gasteiger partial charge on any atom is 0.262 e. The standard InChI is InChI=1S/C30H28N4O3S/c1-4-34(5-2)23-14-11-21-17-25(29(37-27(21)18-23)31-22-9-7-6-8-10-22)28(35)33-30-32-26(19-38-30)20-12-15-24(36-3)16-13-20/h6-19H,4-5H2,1-3H3,(H,32,33,35). The first kappa shape index (κ1) is 25.2. The van der Waals surface area contributed by atoms with Crippen LogP contribution in [0.25, 0.3) is 22.2 Å². The van der Waals surface area contributed by atoms with Gasteiger partial charge in [-0.25, -0.2) is 9.98 Å². The van der Waals surface area contributed by atoms with Crippen molar-refractivity contribution < 1.29 is 13.9 Å². The minimum Gasteiger partial charge on any atom is -0.497 e. The van der Waals surface area contributed by atoms with Gasteiger partial charge in [0.25, 0.3) is 5.91 Å². The molecule has 5 aromatic rings. The summed E-state index contributed by atoms with van der Waals surface area (Å²) in [6.45, 7) is 6.01. The zero-order valence-corrected chi connectivity index (χ0v) is 22.3. The Kier molecular flexibility index (Phi) is 7.51. The normalized spacial score (nSPS) is 11.5. The van der Waals surface area contributed by atoms with E-state index < -0.39 is 0 Å². The quantitative estimate of drug-likeness (QED) is 0.239. The Morgan fingerprint density at radius 2 is 1.79 bits per heavy atom. The molecule has 0 aliphatic rings. The molecule has 192 valence electrons. The lowest BCUT2D eigenvalue weighted by Crippen LogP contribution is -2.22. The number of fused-ring (bicyclic) bond motifs is 1. The Labute approximate surface area is 225 Å². The summed E-state index contributed by atoms with van der Waals surface area (Å²) >= 11 is 1.36. The van der Waals surface area contributed by atoms with E-state index >= 15 is 0 Å². The number of ether oxygens (including phenoxy) is 1. The van der Waals surface area contributed by atoms with Gasteiger partial charge in [0.2, 0.25) is 5.55 Å². The summed E-state index contributed by atoms with van der Waals surface area (Å²) in [7, 11) is 1.63. The Morgan fingerprint density at radius 1 is 1.03 bits per heavy atom. The third-order valence-corrected chi connectivity index (χ3v) is 6.96. The van der Waals surface area contributed by atoms with E-state index in [-0.39, 0.29) is 11.5 Å².